The van der Waals surface area contributed by atoms with Crippen LogP contribution in [-0.4, -0.2) is 23.1 Å². The topological polar surface area (TPSA) is 86.7 Å². The van der Waals surface area contributed by atoms with Crippen LogP contribution >= 0.6 is 0 Å². The summed E-state index contributed by atoms with van der Waals surface area (Å²) in [4.78, 5) is 16.6. The number of benzene rings is 1. The second kappa shape index (κ2) is 3.63. The maximum atomic E-state index is 11.1. The van der Waals surface area contributed by atoms with Crippen molar-refractivity contribution in [3.05, 3.63) is 28.7 Å². The highest BCUT2D eigenvalue weighted by molar-refractivity contribution is 5.78. The van der Waals surface area contributed by atoms with E-state index in [0.717, 1.165) is 29.8 Å². The third-order valence-corrected chi connectivity index (χ3v) is 3.57. The number of fused-ring (bicyclic) bond motifs is 1. The summed E-state index contributed by atoms with van der Waals surface area (Å²) >= 11 is 0. The van der Waals surface area contributed by atoms with E-state index in [1.165, 1.54) is 12.8 Å². The van der Waals surface area contributed by atoms with Crippen LogP contribution in [0.5, 0.6) is 0 Å². The van der Waals surface area contributed by atoms with Crippen molar-refractivity contribution in [3.8, 4) is 0 Å². The van der Waals surface area contributed by atoms with Crippen molar-refractivity contribution in [3.63, 3.8) is 0 Å². The lowest BCUT2D eigenvalue weighted by molar-refractivity contribution is 0.556. The van der Waals surface area contributed by atoms with Crippen molar-refractivity contribution in [2.24, 2.45) is 11.1 Å². The summed E-state index contributed by atoms with van der Waals surface area (Å²) in [6, 6.07) is 5.82. The summed E-state index contributed by atoms with van der Waals surface area (Å²) in [5.41, 5.74) is 8.56. The molecule has 17 heavy (non-hydrogen) atoms. The van der Waals surface area contributed by atoms with Crippen LogP contribution in [0.1, 0.15) is 12.8 Å². The predicted molar refractivity (Wildman–Crippen MR) is 68.1 cm³/mol. The fraction of sp³-hybridized carbons (Fsp3) is 0.417. The molecule has 2 aromatic rings. The Kier molecular flexibility index (Phi) is 2.22. The van der Waals surface area contributed by atoms with E-state index in [4.69, 9.17) is 5.73 Å². The van der Waals surface area contributed by atoms with Crippen molar-refractivity contribution in [2.75, 3.05) is 18.4 Å². The second-order valence-electron chi connectivity index (χ2n) is 4.90. The van der Waals surface area contributed by atoms with Gasteiger partial charge in [-0.2, -0.15) is 0 Å². The van der Waals surface area contributed by atoms with Crippen LogP contribution in [0.15, 0.2) is 23.0 Å². The van der Waals surface area contributed by atoms with E-state index in [1.54, 1.807) is 0 Å². The Balaban J connectivity index is 1.78. The molecule has 1 heterocycles. The van der Waals surface area contributed by atoms with E-state index in [2.05, 4.69) is 15.3 Å². The normalized spacial score (nSPS) is 17.2. The van der Waals surface area contributed by atoms with E-state index < -0.39 is 0 Å². The Bertz CT molecular complexity index is 594. The number of rotatable bonds is 4. The van der Waals surface area contributed by atoms with Crippen LogP contribution in [0.4, 0.5) is 5.69 Å². The minimum absolute atomic E-state index is 0.169. The molecule has 0 aliphatic heterocycles. The number of nitrogens with one attached hydrogen (secondary N) is 3. The van der Waals surface area contributed by atoms with Crippen LogP contribution in [0.3, 0.4) is 0 Å². The molecule has 1 fully saturated rings. The maximum absolute atomic E-state index is 11.1. The number of aromatic nitrogens is 2. The van der Waals surface area contributed by atoms with Crippen LogP contribution in [0, 0.1) is 5.41 Å². The molecule has 1 aromatic carbocycles. The molecule has 0 radical (unpaired) electrons. The molecule has 0 saturated heterocycles. The highest BCUT2D eigenvalue weighted by Crippen LogP contribution is 2.44. The summed E-state index contributed by atoms with van der Waals surface area (Å²) in [5, 5.41) is 3.38. The van der Waals surface area contributed by atoms with E-state index in [-0.39, 0.29) is 5.69 Å². The first-order chi connectivity index (χ1) is 8.21. The second-order valence-corrected chi connectivity index (χ2v) is 4.90. The van der Waals surface area contributed by atoms with Gasteiger partial charge in [-0.25, -0.2) is 4.79 Å². The lowest BCUT2D eigenvalue weighted by Gasteiger charge is -2.14. The number of hydrogen-bond acceptors (Lipinski definition) is 3. The highest BCUT2D eigenvalue weighted by atomic mass is 16.1. The third-order valence-electron chi connectivity index (χ3n) is 3.57. The van der Waals surface area contributed by atoms with Crippen molar-refractivity contribution < 1.29 is 0 Å². The molecule has 1 aliphatic carbocycles. The Morgan fingerprint density at radius 1 is 1.29 bits per heavy atom. The van der Waals surface area contributed by atoms with Gasteiger partial charge >= 0.3 is 5.69 Å². The maximum Gasteiger partial charge on any atom is 0.323 e. The van der Waals surface area contributed by atoms with E-state index in [0.29, 0.717) is 5.41 Å². The van der Waals surface area contributed by atoms with Gasteiger partial charge in [-0.15, -0.1) is 0 Å². The minimum atomic E-state index is -0.169. The van der Waals surface area contributed by atoms with Gasteiger partial charge in [0.2, 0.25) is 0 Å². The molecule has 0 atom stereocenters. The first-order valence-corrected chi connectivity index (χ1v) is 5.87. The van der Waals surface area contributed by atoms with Gasteiger partial charge in [-0.05, 0) is 43.0 Å². The van der Waals surface area contributed by atoms with Crippen molar-refractivity contribution >= 4 is 16.7 Å². The van der Waals surface area contributed by atoms with Crippen LogP contribution < -0.4 is 16.7 Å². The average molecular weight is 232 g/mol. The molecule has 1 saturated carbocycles. The summed E-state index contributed by atoms with van der Waals surface area (Å²) < 4.78 is 0. The zero-order valence-corrected chi connectivity index (χ0v) is 9.55. The molecular formula is C12H16N4O. The summed E-state index contributed by atoms with van der Waals surface area (Å²) in [5.74, 6) is 0. The molecule has 1 aliphatic rings. The van der Waals surface area contributed by atoms with E-state index >= 15 is 0 Å². The summed E-state index contributed by atoms with van der Waals surface area (Å²) in [7, 11) is 0. The molecule has 90 valence electrons. The quantitative estimate of drug-likeness (QED) is 0.634. The SMILES string of the molecule is NCC1(CNc2ccc3[nH]c(=O)[nH]c3c2)CC1. The summed E-state index contributed by atoms with van der Waals surface area (Å²) in [6.07, 6.45) is 2.42. The standard InChI is InChI=1S/C12H16N4O/c13-6-12(3-4-12)7-14-8-1-2-9-10(5-8)16-11(17)15-9/h1-2,5,14H,3-4,6-7,13H2,(H2,15,16,17). The number of H-pyrrole nitrogens is 2. The van der Waals surface area contributed by atoms with Crippen molar-refractivity contribution in [2.45, 2.75) is 12.8 Å². The number of hydrogen-bond donors (Lipinski definition) is 4. The summed E-state index contributed by atoms with van der Waals surface area (Å²) in [6.45, 7) is 1.65. The molecule has 0 amide bonds. The van der Waals surface area contributed by atoms with Gasteiger partial charge in [0.1, 0.15) is 0 Å². The molecule has 5 heteroatoms. The minimum Gasteiger partial charge on any atom is -0.384 e. The average Bonchev–Trinajstić information content (AvgIpc) is 3.01. The van der Waals surface area contributed by atoms with Crippen molar-refractivity contribution in [1.82, 2.24) is 9.97 Å². The van der Waals surface area contributed by atoms with Crippen molar-refractivity contribution in [1.29, 1.82) is 0 Å². The largest absolute Gasteiger partial charge is 0.384 e. The van der Waals surface area contributed by atoms with Crippen LogP contribution in [-0.2, 0) is 0 Å². The predicted octanol–water partition coefficient (Wildman–Crippen LogP) is 1.01. The van der Waals surface area contributed by atoms with Gasteiger partial charge in [0, 0.05) is 12.2 Å². The first kappa shape index (κ1) is 10.4. The van der Waals surface area contributed by atoms with Gasteiger partial charge < -0.3 is 21.0 Å². The number of imidazole rings is 1. The Morgan fingerprint density at radius 2 is 2.06 bits per heavy atom. The third kappa shape index (κ3) is 1.93. The lowest BCUT2D eigenvalue weighted by Crippen LogP contribution is -2.24. The molecular weight excluding hydrogens is 216 g/mol. The van der Waals surface area contributed by atoms with Crippen LogP contribution in [0.25, 0.3) is 11.0 Å². The van der Waals surface area contributed by atoms with Gasteiger partial charge in [-0.1, -0.05) is 0 Å². The van der Waals surface area contributed by atoms with Gasteiger partial charge in [0.25, 0.3) is 0 Å². The zero-order valence-electron chi connectivity index (χ0n) is 9.55. The molecule has 5 nitrogen and oxygen atoms in total. The Morgan fingerprint density at radius 3 is 2.76 bits per heavy atom. The van der Waals surface area contributed by atoms with Gasteiger partial charge in [-0.3, -0.25) is 0 Å². The van der Waals surface area contributed by atoms with Gasteiger partial charge in [0.15, 0.2) is 0 Å². The fourth-order valence-corrected chi connectivity index (χ4v) is 2.06. The number of anilines is 1. The molecule has 5 N–H and O–H groups in total. The first-order valence-electron chi connectivity index (χ1n) is 5.87. The highest BCUT2D eigenvalue weighted by Gasteiger charge is 2.40. The molecule has 0 unspecified atom stereocenters. The zero-order chi connectivity index (χ0) is 11.9. The molecule has 0 spiro atoms. The Hall–Kier alpha value is -1.75. The van der Waals surface area contributed by atoms with Gasteiger partial charge in [0.05, 0.1) is 11.0 Å². The Labute approximate surface area is 98.4 Å². The number of aromatic amines is 2. The fourth-order valence-electron chi connectivity index (χ4n) is 2.06. The smallest absolute Gasteiger partial charge is 0.323 e. The monoisotopic (exact) mass is 232 g/mol. The number of nitrogens with two attached hydrogens (primary N) is 1. The van der Waals surface area contributed by atoms with Crippen LogP contribution in [0.2, 0.25) is 0 Å². The van der Waals surface area contributed by atoms with E-state index in [1.807, 2.05) is 18.2 Å². The van der Waals surface area contributed by atoms with E-state index in [9.17, 15) is 4.79 Å². The molecule has 3 rings (SSSR count). The molecule has 1 aromatic heterocycles. The molecule has 0 bridgehead atoms. The lowest BCUT2D eigenvalue weighted by atomic mass is 10.1.